The second-order valence-electron chi connectivity index (χ2n) is 2.56. The van der Waals surface area contributed by atoms with E-state index in [0.29, 0.717) is 5.92 Å². The fourth-order valence-corrected chi connectivity index (χ4v) is 0.432. The van der Waals surface area contributed by atoms with Crippen LogP contribution in [0.4, 0.5) is 0 Å². The molecular formula is C9H20N2. The van der Waals surface area contributed by atoms with Crippen molar-refractivity contribution in [2.45, 2.75) is 34.6 Å². The first-order valence-corrected chi connectivity index (χ1v) is 4.06. The summed E-state index contributed by atoms with van der Waals surface area (Å²) < 4.78 is 0. The van der Waals surface area contributed by atoms with Crippen LogP contribution in [0.3, 0.4) is 0 Å². The van der Waals surface area contributed by atoms with Gasteiger partial charge in [-0.3, -0.25) is 4.99 Å². The molecule has 2 heteroatoms. The van der Waals surface area contributed by atoms with E-state index in [2.05, 4.69) is 32.7 Å². The molecule has 0 aromatic carbocycles. The summed E-state index contributed by atoms with van der Waals surface area (Å²) in [6.07, 6.45) is 1.25. The third-order valence-electron chi connectivity index (χ3n) is 1.24. The van der Waals surface area contributed by atoms with Gasteiger partial charge in [0.05, 0.1) is 0 Å². The zero-order chi connectivity index (χ0) is 9.28. The van der Waals surface area contributed by atoms with E-state index in [1.54, 1.807) is 6.92 Å². The molecule has 0 radical (unpaired) electrons. The molecule has 66 valence electrons. The number of nitrogens with zero attached hydrogens (tertiary/aromatic N) is 1. The van der Waals surface area contributed by atoms with Crippen LogP contribution in [0.25, 0.3) is 0 Å². The molecule has 0 heterocycles. The maximum atomic E-state index is 6.08. The quantitative estimate of drug-likeness (QED) is 0.597. The van der Waals surface area contributed by atoms with Gasteiger partial charge < -0.3 is 5.41 Å². The number of hydrogen-bond acceptors (Lipinski definition) is 2. The molecule has 0 aromatic rings. The number of aliphatic imine (C=N–C) groups is 1. The van der Waals surface area contributed by atoms with Crippen LogP contribution in [0.5, 0.6) is 0 Å². The lowest BCUT2D eigenvalue weighted by atomic mass is 10.1. The highest BCUT2D eigenvalue weighted by Crippen LogP contribution is 1.94. The van der Waals surface area contributed by atoms with Crippen LogP contribution in [-0.4, -0.2) is 18.5 Å². The maximum Gasteiger partial charge on any atom is 0.0360 e. The molecule has 1 N–H and O–H groups in total. The molecule has 0 bridgehead atoms. The van der Waals surface area contributed by atoms with E-state index in [-0.39, 0.29) is 0 Å². The molecule has 0 rings (SSSR count). The molecule has 2 nitrogen and oxygen atoms in total. The molecule has 0 aromatic heterocycles. The van der Waals surface area contributed by atoms with Crippen molar-refractivity contribution in [3.05, 3.63) is 0 Å². The Kier molecular flexibility index (Phi) is 11.0. The third-order valence-corrected chi connectivity index (χ3v) is 1.24. The molecule has 0 aliphatic carbocycles. The Bertz CT molecular complexity index is 115. The van der Waals surface area contributed by atoms with Gasteiger partial charge in [0, 0.05) is 12.3 Å². The first kappa shape index (κ1) is 13.0. The summed E-state index contributed by atoms with van der Waals surface area (Å²) in [6, 6.07) is 0. The van der Waals surface area contributed by atoms with Gasteiger partial charge in [-0.15, -0.1) is 0 Å². The van der Waals surface area contributed by atoms with Crippen LogP contribution in [-0.2, 0) is 0 Å². The molecule has 0 aliphatic rings. The Labute approximate surface area is 70.2 Å². The minimum absolute atomic E-state index is 0.620. The van der Waals surface area contributed by atoms with Gasteiger partial charge >= 0.3 is 0 Å². The third kappa shape index (κ3) is 12.5. The van der Waals surface area contributed by atoms with Crippen molar-refractivity contribution in [3.8, 4) is 0 Å². The van der Waals surface area contributed by atoms with E-state index in [1.807, 2.05) is 0 Å². The van der Waals surface area contributed by atoms with Gasteiger partial charge in [0.25, 0.3) is 0 Å². The van der Waals surface area contributed by atoms with Gasteiger partial charge in [-0.1, -0.05) is 13.8 Å². The zero-order valence-electron chi connectivity index (χ0n) is 8.31. The minimum atomic E-state index is 0.620. The van der Waals surface area contributed by atoms with E-state index in [4.69, 9.17) is 5.41 Å². The highest BCUT2D eigenvalue weighted by Gasteiger charge is 1.93. The summed E-state index contributed by atoms with van der Waals surface area (Å²) in [5.74, 6) is 0.620. The fourth-order valence-electron chi connectivity index (χ4n) is 0.432. The molecule has 0 spiro atoms. The molecule has 0 unspecified atom stereocenters. The molecule has 0 saturated carbocycles. The van der Waals surface area contributed by atoms with Crippen LogP contribution in [0.1, 0.15) is 34.6 Å². The number of hydrogen-bond donors (Lipinski definition) is 1. The minimum Gasteiger partial charge on any atom is -0.313 e. The van der Waals surface area contributed by atoms with Crippen LogP contribution >= 0.6 is 0 Å². The summed E-state index contributed by atoms with van der Waals surface area (Å²) in [5.41, 5.74) is 1.26. The lowest BCUT2D eigenvalue weighted by Crippen LogP contribution is -2.01. The summed E-state index contributed by atoms with van der Waals surface area (Å²) in [6.45, 7) is 11.0. The van der Waals surface area contributed by atoms with Crippen LogP contribution in [0.2, 0.25) is 0 Å². The monoisotopic (exact) mass is 156 g/mol. The van der Waals surface area contributed by atoms with E-state index < -0.39 is 0 Å². The van der Waals surface area contributed by atoms with E-state index in [1.165, 1.54) is 11.9 Å². The Morgan fingerprint density at radius 2 is 1.91 bits per heavy atom. The van der Waals surface area contributed by atoms with Crippen molar-refractivity contribution in [2.75, 3.05) is 6.54 Å². The topological polar surface area (TPSA) is 36.2 Å². The molecular weight excluding hydrogens is 136 g/mol. The van der Waals surface area contributed by atoms with Gasteiger partial charge in [0.1, 0.15) is 0 Å². The number of nitrogens with one attached hydrogen (secondary N) is 1. The fraction of sp³-hybridized carbons (Fsp3) is 0.778. The average Bonchev–Trinajstić information content (AvgIpc) is 1.90. The summed E-state index contributed by atoms with van der Waals surface area (Å²) >= 11 is 0. The molecule has 0 fully saturated rings. The summed E-state index contributed by atoms with van der Waals surface area (Å²) in [4.78, 5) is 4.24. The first-order valence-electron chi connectivity index (χ1n) is 4.06. The second-order valence-corrected chi connectivity index (χ2v) is 2.56. The van der Waals surface area contributed by atoms with E-state index >= 15 is 0 Å². The van der Waals surface area contributed by atoms with Gasteiger partial charge in [0.15, 0.2) is 0 Å². The molecule has 0 amide bonds. The van der Waals surface area contributed by atoms with Crippen LogP contribution in [0.15, 0.2) is 4.99 Å². The standard InChI is InChI=1S/C7H15N.C2H5N/c1-5-8-7(4)6(2)3;1-2-3/h6H,5H2,1-4H3;2-3H,1H3. The predicted molar refractivity (Wildman–Crippen MR) is 52.9 cm³/mol. The van der Waals surface area contributed by atoms with Crippen molar-refractivity contribution < 1.29 is 0 Å². The zero-order valence-corrected chi connectivity index (χ0v) is 8.31. The lowest BCUT2D eigenvalue weighted by molar-refractivity contribution is 0.866. The highest BCUT2D eigenvalue weighted by molar-refractivity contribution is 5.83. The smallest absolute Gasteiger partial charge is 0.0360 e. The normalized spacial score (nSPS) is 10.5. The molecule has 0 aliphatic heterocycles. The number of rotatable bonds is 2. The lowest BCUT2D eigenvalue weighted by Gasteiger charge is -2.00. The maximum absolute atomic E-state index is 6.08. The van der Waals surface area contributed by atoms with Gasteiger partial charge in [-0.25, -0.2) is 0 Å². The molecule has 0 atom stereocenters. The van der Waals surface area contributed by atoms with Crippen molar-refractivity contribution in [1.29, 1.82) is 5.41 Å². The highest BCUT2D eigenvalue weighted by atomic mass is 14.7. The summed E-state index contributed by atoms with van der Waals surface area (Å²) in [5, 5.41) is 6.08. The van der Waals surface area contributed by atoms with Crippen LogP contribution < -0.4 is 0 Å². The van der Waals surface area contributed by atoms with Crippen molar-refractivity contribution in [1.82, 2.24) is 0 Å². The van der Waals surface area contributed by atoms with Crippen molar-refractivity contribution >= 4 is 11.9 Å². The molecule has 0 saturated heterocycles. The average molecular weight is 156 g/mol. The van der Waals surface area contributed by atoms with E-state index in [0.717, 1.165) is 6.54 Å². The Morgan fingerprint density at radius 1 is 1.55 bits per heavy atom. The largest absolute Gasteiger partial charge is 0.313 e. The summed E-state index contributed by atoms with van der Waals surface area (Å²) in [7, 11) is 0. The SMILES string of the molecule is CC=N.CCN=C(C)C(C)C. The van der Waals surface area contributed by atoms with Gasteiger partial charge in [0.2, 0.25) is 0 Å². The Hall–Kier alpha value is -0.660. The first-order chi connectivity index (χ1) is 5.09. The second kappa shape index (κ2) is 9.34. The predicted octanol–water partition coefficient (Wildman–Crippen LogP) is 2.78. The Balaban J connectivity index is 0. The van der Waals surface area contributed by atoms with Crippen LogP contribution in [0, 0.1) is 11.3 Å². The Morgan fingerprint density at radius 3 is 2.00 bits per heavy atom. The van der Waals surface area contributed by atoms with Gasteiger partial charge in [-0.2, -0.15) is 0 Å². The van der Waals surface area contributed by atoms with E-state index in [9.17, 15) is 0 Å². The van der Waals surface area contributed by atoms with Crippen molar-refractivity contribution in [2.24, 2.45) is 10.9 Å². The van der Waals surface area contributed by atoms with Gasteiger partial charge in [-0.05, 0) is 32.9 Å². The van der Waals surface area contributed by atoms with Crippen molar-refractivity contribution in [3.63, 3.8) is 0 Å². The molecule has 11 heavy (non-hydrogen) atoms.